The first-order valence-electron chi connectivity index (χ1n) is 6.46. The summed E-state index contributed by atoms with van der Waals surface area (Å²) in [5, 5.41) is 3.55. The van der Waals surface area contributed by atoms with Gasteiger partial charge in [-0.25, -0.2) is 0 Å². The van der Waals surface area contributed by atoms with E-state index in [9.17, 15) is 0 Å². The van der Waals surface area contributed by atoms with E-state index in [4.69, 9.17) is 0 Å². The van der Waals surface area contributed by atoms with Gasteiger partial charge in [-0.2, -0.15) is 0 Å². The van der Waals surface area contributed by atoms with Gasteiger partial charge in [0.15, 0.2) is 0 Å². The average Bonchev–Trinajstić information content (AvgIpc) is 2.76. The van der Waals surface area contributed by atoms with Crippen LogP contribution in [0.25, 0.3) is 0 Å². The molecule has 0 unspecified atom stereocenters. The molecule has 2 rings (SSSR count). The normalized spacial score (nSPS) is 11.7. The molecule has 0 aliphatic carbocycles. The summed E-state index contributed by atoms with van der Waals surface area (Å²) in [5.74, 6) is 0. The molecule has 0 aliphatic heterocycles. The van der Waals surface area contributed by atoms with Crippen LogP contribution in [0.4, 0.5) is 0 Å². The Kier molecular flexibility index (Phi) is 3.87. The molecular weight excluding hydrogens is 220 g/mol. The predicted molar refractivity (Wildman–Crippen MR) is 76.6 cm³/mol. The molecule has 0 saturated carbocycles. The number of rotatable bonds is 5. The molecule has 2 heteroatoms. The first-order valence-corrected chi connectivity index (χ1v) is 6.46. The predicted octanol–water partition coefficient (Wildman–Crippen LogP) is 3.09. The smallest absolute Gasteiger partial charge is 0.0359 e. The quantitative estimate of drug-likeness (QED) is 0.852. The van der Waals surface area contributed by atoms with Crippen molar-refractivity contribution in [3.63, 3.8) is 0 Å². The standard InChI is InChI=1S/C16H22N2/c1-16(2,14-8-5-4-6-9-14)13-17-12-15-10-7-11-18(15)3/h4-11,17H,12-13H2,1-3H3. The molecule has 0 fully saturated rings. The van der Waals surface area contributed by atoms with Crippen molar-refractivity contribution >= 4 is 0 Å². The summed E-state index contributed by atoms with van der Waals surface area (Å²) in [6, 6.07) is 14.9. The third-order valence-electron chi connectivity index (χ3n) is 3.48. The number of hydrogen-bond donors (Lipinski definition) is 1. The van der Waals surface area contributed by atoms with Gasteiger partial charge in [0.2, 0.25) is 0 Å². The highest BCUT2D eigenvalue weighted by atomic mass is 15.0. The molecule has 0 radical (unpaired) electrons. The van der Waals surface area contributed by atoms with Gasteiger partial charge in [-0.15, -0.1) is 0 Å². The minimum Gasteiger partial charge on any atom is -0.353 e. The highest BCUT2D eigenvalue weighted by Crippen LogP contribution is 2.21. The molecule has 0 spiro atoms. The first-order chi connectivity index (χ1) is 8.59. The fourth-order valence-corrected chi connectivity index (χ4v) is 2.17. The van der Waals surface area contributed by atoms with Gasteiger partial charge in [-0.3, -0.25) is 0 Å². The van der Waals surface area contributed by atoms with Crippen LogP contribution in [0.5, 0.6) is 0 Å². The lowest BCUT2D eigenvalue weighted by Crippen LogP contribution is -2.32. The lowest BCUT2D eigenvalue weighted by Gasteiger charge is -2.25. The molecule has 1 N–H and O–H groups in total. The van der Waals surface area contributed by atoms with Gasteiger partial charge < -0.3 is 9.88 Å². The number of nitrogens with zero attached hydrogens (tertiary/aromatic N) is 1. The van der Waals surface area contributed by atoms with E-state index in [1.54, 1.807) is 0 Å². The van der Waals surface area contributed by atoms with E-state index in [-0.39, 0.29) is 5.41 Å². The maximum atomic E-state index is 3.55. The molecule has 0 bridgehead atoms. The SMILES string of the molecule is Cn1cccc1CNCC(C)(C)c1ccccc1. The fourth-order valence-electron chi connectivity index (χ4n) is 2.17. The maximum Gasteiger partial charge on any atom is 0.0359 e. The lowest BCUT2D eigenvalue weighted by atomic mass is 9.84. The second-order valence-corrected chi connectivity index (χ2v) is 5.46. The Morgan fingerprint density at radius 2 is 1.78 bits per heavy atom. The summed E-state index contributed by atoms with van der Waals surface area (Å²) in [6.45, 7) is 6.45. The minimum atomic E-state index is 0.159. The molecule has 1 aromatic carbocycles. The Bertz CT molecular complexity index is 483. The van der Waals surface area contributed by atoms with Gasteiger partial charge in [0, 0.05) is 37.4 Å². The van der Waals surface area contributed by atoms with E-state index < -0.39 is 0 Å². The molecule has 0 saturated heterocycles. The fraction of sp³-hybridized carbons (Fsp3) is 0.375. The van der Waals surface area contributed by atoms with Crippen LogP contribution in [0.2, 0.25) is 0 Å². The number of hydrogen-bond acceptors (Lipinski definition) is 1. The molecule has 0 amide bonds. The van der Waals surface area contributed by atoms with Crippen molar-refractivity contribution in [3.05, 3.63) is 59.9 Å². The highest BCUT2D eigenvalue weighted by molar-refractivity contribution is 5.23. The lowest BCUT2D eigenvalue weighted by molar-refractivity contribution is 0.464. The Hall–Kier alpha value is -1.54. The van der Waals surface area contributed by atoms with Crippen molar-refractivity contribution < 1.29 is 0 Å². The average molecular weight is 242 g/mol. The number of aromatic nitrogens is 1. The van der Waals surface area contributed by atoms with E-state index in [0.717, 1.165) is 13.1 Å². The molecule has 2 nitrogen and oxygen atoms in total. The van der Waals surface area contributed by atoms with Crippen molar-refractivity contribution in [2.24, 2.45) is 7.05 Å². The van der Waals surface area contributed by atoms with E-state index in [0.29, 0.717) is 0 Å². The van der Waals surface area contributed by atoms with Crippen molar-refractivity contribution in [2.75, 3.05) is 6.54 Å². The Labute approximate surface area is 110 Å². The van der Waals surface area contributed by atoms with Gasteiger partial charge in [0.25, 0.3) is 0 Å². The summed E-state index contributed by atoms with van der Waals surface area (Å²) in [5.41, 5.74) is 2.86. The second-order valence-electron chi connectivity index (χ2n) is 5.46. The zero-order valence-corrected chi connectivity index (χ0v) is 11.5. The molecule has 2 aromatic rings. The molecule has 1 aromatic heterocycles. The number of benzene rings is 1. The van der Waals surface area contributed by atoms with Crippen molar-refractivity contribution in [1.29, 1.82) is 0 Å². The maximum absolute atomic E-state index is 3.55. The molecular formula is C16H22N2. The Morgan fingerprint density at radius 3 is 2.39 bits per heavy atom. The zero-order valence-electron chi connectivity index (χ0n) is 11.5. The van der Waals surface area contributed by atoms with Crippen LogP contribution in [0.15, 0.2) is 48.7 Å². The number of aryl methyl sites for hydroxylation is 1. The van der Waals surface area contributed by atoms with Crippen LogP contribution in [-0.2, 0) is 19.0 Å². The van der Waals surface area contributed by atoms with Gasteiger partial charge in [-0.1, -0.05) is 44.2 Å². The largest absolute Gasteiger partial charge is 0.353 e. The molecule has 1 heterocycles. The van der Waals surface area contributed by atoms with Gasteiger partial charge >= 0.3 is 0 Å². The van der Waals surface area contributed by atoms with Crippen LogP contribution in [0.1, 0.15) is 25.1 Å². The Morgan fingerprint density at radius 1 is 1.06 bits per heavy atom. The summed E-state index contributed by atoms with van der Waals surface area (Å²) < 4.78 is 2.16. The van der Waals surface area contributed by atoms with Gasteiger partial charge in [0.05, 0.1) is 0 Å². The van der Waals surface area contributed by atoms with Gasteiger partial charge in [0.1, 0.15) is 0 Å². The van der Waals surface area contributed by atoms with Crippen molar-refractivity contribution in [3.8, 4) is 0 Å². The Balaban J connectivity index is 1.92. The van der Waals surface area contributed by atoms with Gasteiger partial charge in [-0.05, 0) is 17.7 Å². The summed E-state index contributed by atoms with van der Waals surface area (Å²) >= 11 is 0. The van der Waals surface area contributed by atoms with E-state index in [1.165, 1.54) is 11.3 Å². The summed E-state index contributed by atoms with van der Waals surface area (Å²) in [6.07, 6.45) is 2.08. The summed E-state index contributed by atoms with van der Waals surface area (Å²) in [4.78, 5) is 0. The van der Waals surface area contributed by atoms with Crippen LogP contribution in [-0.4, -0.2) is 11.1 Å². The minimum absolute atomic E-state index is 0.159. The second kappa shape index (κ2) is 5.40. The van der Waals surface area contributed by atoms with Crippen LogP contribution >= 0.6 is 0 Å². The zero-order chi connectivity index (χ0) is 13.0. The van der Waals surface area contributed by atoms with Crippen molar-refractivity contribution in [2.45, 2.75) is 25.8 Å². The molecule has 0 aliphatic rings. The van der Waals surface area contributed by atoms with E-state index in [1.807, 2.05) is 0 Å². The van der Waals surface area contributed by atoms with E-state index >= 15 is 0 Å². The first kappa shape index (κ1) is 12.9. The number of nitrogens with one attached hydrogen (secondary N) is 1. The third-order valence-corrected chi connectivity index (χ3v) is 3.48. The third kappa shape index (κ3) is 3.02. The highest BCUT2D eigenvalue weighted by Gasteiger charge is 2.19. The summed E-state index contributed by atoms with van der Waals surface area (Å²) in [7, 11) is 2.08. The van der Waals surface area contributed by atoms with E-state index in [2.05, 4.69) is 79.4 Å². The molecule has 0 atom stereocenters. The molecule has 18 heavy (non-hydrogen) atoms. The van der Waals surface area contributed by atoms with Crippen LogP contribution < -0.4 is 5.32 Å². The van der Waals surface area contributed by atoms with Crippen LogP contribution in [0, 0.1) is 0 Å². The van der Waals surface area contributed by atoms with Crippen LogP contribution in [0.3, 0.4) is 0 Å². The monoisotopic (exact) mass is 242 g/mol. The molecule has 96 valence electrons. The van der Waals surface area contributed by atoms with Crippen molar-refractivity contribution in [1.82, 2.24) is 9.88 Å². The topological polar surface area (TPSA) is 17.0 Å².